The molecule has 52 heavy (non-hydrogen) atoms. The lowest BCUT2D eigenvalue weighted by molar-refractivity contribution is 0.217. The summed E-state index contributed by atoms with van der Waals surface area (Å²) in [5.41, 5.74) is 4.34. The van der Waals surface area contributed by atoms with Crippen molar-refractivity contribution in [3.8, 4) is 57.5 Å². The monoisotopic (exact) mass is 696 g/mol. The Bertz CT molecular complexity index is 2330. The number of ether oxygens (including phenoxy) is 2. The first-order chi connectivity index (χ1) is 25.0. The molecule has 0 radical (unpaired) electrons. The van der Waals surface area contributed by atoms with E-state index in [1.807, 2.05) is 12.2 Å². The normalized spacial score (nSPS) is 18.8. The first-order valence-electron chi connectivity index (χ1n) is 16.4. The summed E-state index contributed by atoms with van der Waals surface area (Å²) in [6.45, 7) is 0. The van der Waals surface area contributed by atoms with Gasteiger partial charge in [0.25, 0.3) is 0 Å². The number of phenolic OH excluding ortho intramolecular Hbond substituents is 8. The van der Waals surface area contributed by atoms with Gasteiger partial charge in [-0.3, -0.25) is 0 Å². The summed E-state index contributed by atoms with van der Waals surface area (Å²) in [6, 6.07) is 28.0. The van der Waals surface area contributed by atoms with Crippen LogP contribution in [-0.4, -0.2) is 40.9 Å². The molecule has 6 aromatic carbocycles. The molecule has 0 saturated carbocycles. The first kappa shape index (κ1) is 32.3. The second-order valence-electron chi connectivity index (χ2n) is 13.0. The van der Waals surface area contributed by atoms with Crippen LogP contribution in [0.2, 0.25) is 0 Å². The van der Waals surface area contributed by atoms with Crippen LogP contribution in [0.3, 0.4) is 0 Å². The molecule has 2 heterocycles. The van der Waals surface area contributed by atoms with E-state index in [0.717, 1.165) is 5.56 Å². The van der Waals surface area contributed by atoms with E-state index < -0.39 is 24.0 Å². The highest BCUT2D eigenvalue weighted by atomic mass is 16.5. The predicted molar refractivity (Wildman–Crippen MR) is 191 cm³/mol. The van der Waals surface area contributed by atoms with E-state index in [-0.39, 0.29) is 51.7 Å². The molecule has 0 bridgehead atoms. The fraction of sp³-hybridized carbons (Fsp3) is 0.0952. The molecule has 8 rings (SSSR count). The largest absolute Gasteiger partial charge is 0.508 e. The fourth-order valence-corrected chi connectivity index (χ4v) is 7.30. The third-order valence-corrected chi connectivity index (χ3v) is 9.50. The van der Waals surface area contributed by atoms with Crippen LogP contribution in [0.1, 0.15) is 68.6 Å². The Morgan fingerprint density at radius 2 is 0.808 bits per heavy atom. The molecule has 0 fully saturated rings. The highest BCUT2D eigenvalue weighted by Gasteiger charge is 2.44. The van der Waals surface area contributed by atoms with Gasteiger partial charge in [0.2, 0.25) is 0 Å². The molecule has 2 aliphatic heterocycles. The number of benzene rings is 6. The topological polar surface area (TPSA) is 180 Å². The Labute approximate surface area is 297 Å². The lowest BCUT2D eigenvalue weighted by Crippen LogP contribution is -2.11. The minimum absolute atomic E-state index is 0.0451. The molecule has 0 aliphatic carbocycles. The Hall–Kier alpha value is -6.94. The summed E-state index contributed by atoms with van der Waals surface area (Å²) in [5.74, 6) is -1.60. The maximum absolute atomic E-state index is 11.8. The number of hydrogen-bond donors (Lipinski definition) is 8. The molecule has 0 unspecified atom stereocenters. The van der Waals surface area contributed by atoms with E-state index in [2.05, 4.69) is 0 Å². The molecule has 0 saturated heterocycles. The highest BCUT2D eigenvalue weighted by Crippen LogP contribution is 2.58. The van der Waals surface area contributed by atoms with E-state index in [1.54, 1.807) is 60.7 Å². The van der Waals surface area contributed by atoms with Crippen LogP contribution < -0.4 is 9.47 Å². The fourth-order valence-electron chi connectivity index (χ4n) is 7.30. The molecule has 10 heteroatoms. The summed E-state index contributed by atoms with van der Waals surface area (Å²) >= 11 is 0. The predicted octanol–water partition coefficient (Wildman–Crippen LogP) is 8.03. The van der Waals surface area contributed by atoms with E-state index >= 15 is 0 Å². The van der Waals surface area contributed by atoms with E-state index in [9.17, 15) is 40.9 Å². The summed E-state index contributed by atoms with van der Waals surface area (Å²) in [5, 5.41) is 84.5. The van der Waals surface area contributed by atoms with Crippen molar-refractivity contribution in [1.82, 2.24) is 0 Å². The number of hydrogen-bond acceptors (Lipinski definition) is 10. The second-order valence-corrected chi connectivity index (χ2v) is 13.0. The van der Waals surface area contributed by atoms with Gasteiger partial charge in [-0.05, 0) is 101 Å². The van der Waals surface area contributed by atoms with Crippen molar-refractivity contribution in [3.05, 3.63) is 154 Å². The minimum atomic E-state index is -0.910. The average molecular weight is 697 g/mol. The quantitative estimate of drug-likeness (QED) is 0.0795. The van der Waals surface area contributed by atoms with Gasteiger partial charge in [-0.25, -0.2) is 0 Å². The molecule has 8 N–H and O–H groups in total. The smallest absolute Gasteiger partial charge is 0.135 e. The SMILES string of the molecule is Oc1ccc(C=Cc2cc(O)c3c(c2)O[C@H](c2ccc(O)cc2)[C@H]3c2cc(O)c3c(c2)O[C@H](c2cc(O)cc(O)c2)[C@H]3c2cc(O)cc(O)c2)cc1. The molecule has 0 amide bonds. The van der Waals surface area contributed by atoms with Crippen molar-refractivity contribution >= 4 is 12.2 Å². The Balaban J connectivity index is 1.25. The van der Waals surface area contributed by atoms with Gasteiger partial charge in [-0.2, -0.15) is 0 Å². The molecule has 4 atom stereocenters. The van der Waals surface area contributed by atoms with E-state index in [0.29, 0.717) is 44.7 Å². The van der Waals surface area contributed by atoms with Gasteiger partial charge in [-0.1, -0.05) is 36.4 Å². The van der Waals surface area contributed by atoms with Crippen molar-refractivity contribution in [2.24, 2.45) is 0 Å². The molecular formula is C42H32O10. The van der Waals surface area contributed by atoms with Crippen LogP contribution in [0.15, 0.2) is 109 Å². The zero-order valence-electron chi connectivity index (χ0n) is 27.3. The van der Waals surface area contributed by atoms with Crippen molar-refractivity contribution < 1.29 is 50.3 Å². The molecule has 0 aromatic heterocycles. The lowest BCUT2D eigenvalue weighted by Gasteiger charge is -2.22. The average Bonchev–Trinajstić information content (AvgIpc) is 3.68. The number of fused-ring (bicyclic) bond motifs is 2. The highest BCUT2D eigenvalue weighted by molar-refractivity contribution is 5.73. The van der Waals surface area contributed by atoms with Crippen molar-refractivity contribution in [3.63, 3.8) is 0 Å². The van der Waals surface area contributed by atoms with Crippen molar-refractivity contribution in [1.29, 1.82) is 0 Å². The number of aromatic hydroxyl groups is 8. The summed E-state index contributed by atoms with van der Waals surface area (Å²) in [6.07, 6.45) is 2.04. The Morgan fingerprint density at radius 3 is 1.38 bits per heavy atom. The Kier molecular flexibility index (Phi) is 7.72. The standard InChI is InChI=1S/C42H32O10/c43-27-7-3-21(4-8-27)1-2-22-11-33(49)39-35(12-22)51-41(23-5-9-28(44)10-6-23)38(39)25-17-34(50)40-36(18-25)52-42(26-15-31(47)20-32(48)16-26)37(40)24-13-29(45)19-30(46)14-24/h1-20,37-38,41-50H/t37-,38-,41+,42+/m0/s1. The third-order valence-electron chi connectivity index (χ3n) is 9.50. The maximum atomic E-state index is 11.8. The zero-order chi connectivity index (χ0) is 36.3. The van der Waals surface area contributed by atoms with Crippen LogP contribution >= 0.6 is 0 Å². The van der Waals surface area contributed by atoms with Crippen LogP contribution in [0.4, 0.5) is 0 Å². The van der Waals surface area contributed by atoms with Gasteiger partial charge in [0, 0.05) is 28.8 Å². The van der Waals surface area contributed by atoms with Crippen LogP contribution in [-0.2, 0) is 0 Å². The molecule has 260 valence electrons. The molecule has 10 nitrogen and oxygen atoms in total. The Morgan fingerprint density at radius 1 is 0.365 bits per heavy atom. The number of rotatable bonds is 6. The minimum Gasteiger partial charge on any atom is -0.508 e. The van der Waals surface area contributed by atoms with Gasteiger partial charge in [0.15, 0.2) is 0 Å². The van der Waals surface area contributed by atoms with Gasteiger partial charge in [0.1, 0.15) is 69.7 Å². The lowest BCUT2D eigenvalue weighted by atomic mass is 9.81. The van der Waals surface area contributed by atoms with E-state index in [4.69, 9.17) is 9.47 Å². The zero-order valence-corrected chi connectivity index (χ0v) is 27.3. The first-order valence-corrected chi connectivity index (χ1v) is 16.4. The van der Waals surface area contributed by atoms with E-state index in [1.165, 1.54) is 48.5 Å². The van der Waals surface area contributed by atoms with Crippen LogP contribution in [0.25, 0.3) is 12.2 Å². The van der Waals surface area contributed by atoms with Gasteiger partial charge in [0.05, 0.1) is 11.8 Å². The van der Waals surface area contributed by atoms with Gasteiger partial charge < -0.3 is 50.3 Å². The third kappa shape index (κ3) is 5.86. The van der Waals surface area contributed by atoms with Crippen molar-refractivity contribution in [2.45, 2.75) is 24.0 Å². The summed E-state index contributed by atoms with van der Waals surface area (Å²) < 4.78 is 13.0. The van der Waals surface area contributed by atoms with Gasteiger partial charge >= 0.3 is 0 Å². The summed E-state index contributed by atoms with van der Waals surface area (Å²) in [7, 11) is 0. The molecule has 6 aromatic rings. The van der Waals surface area contributed by atoms with Crippen LogP contribution in [0, 0.1) is 0 Å². The van der Waals surface area contributed by atoms with Crippen molar-refractivity contribution in [2.75, 3.05) is 0 Å². The number of phenols is 8. The van der Waals surface area contributed by atoms with Crippen LogP contribution in [0.5, 0.6) is 57.5 Å². The molecular weight excluding hydrogens is 664 g/mol. The summed E-state index contributed by atoms with van der Waals surface area (Å²) in [4.78, 5) is 0. The molecule has 0 spiro atoms. The second kappa shape index (κ2) is 12.4. The maximum Gasteiger partial charge on any atom is 0.135 e. The molecule has 2 aliphatic rings. The van der Waals surface area contributed by atoms with Gasteiger partial charge in [-0.15, -0.1) is 0 Å².